The maximum Gasteiger partial charge on any atom is 0.417 e. The number of halogens is 5. The topological polar surface area (TPSA) is 32.3 Å². The molecule has 2 atom stereocenters. The number of amides is 1. The number of allylic oxidation sites excluding steroid dienone is 1. The molecule has 0 radical (unpaired) electrons. The molecule has 0 aliphatic carbocycles. The molecular formula is C30H25F4IN2O. The lowest BCUT2D eigenvalue weighted by molar-refractivity contribution is -0.137. The first-order valence-electron chi connectivity index (χ1n) is 12.3. The zero-order valence-electron chi connectivity index (χ0n) is 20.7. The van der Waals surface area contributed by atoms with Gasteiger partial charge in [0, 0.05) is 21.0 Å². The van der Waals surface area contributed by atoms with Crippen LogP contribution in [-0.2, 0) is 6.18 Å². The molecule has 5 rings (SSSR count). The first-order chi connectivity index (χ1) is 18.0. The van der Waals surface area contributed by atoms with E-state index in [2.05, 4.69) is 39.7 Å². The van der Waals surface area contributed by atoms with E-state index in [-0.39, 0.29) is 17.9 Å². The number of hydrogen-bond donors (Lipinski definition) is 1. The molecule has 3 aromatic carbocycles. The van der Waals surface area contributed by atoms with Gasteiger partial charge in [-0.25, -0.2) is 4.39 Å². The molecule has 0 fully saturated rings. The Labute approximate surface area is 232 Å². The minimum Gasteiger partial charge on any atom is -0.361 e. The van der Waals surface area contributed by atoms with E-state index < -0.39 is 23.2 Å². The van der Waals surface area contributed by atoms with Crippen LogP contribution in [0.3, 0.4) is 0 Å². The Morgan fingerprint density at radius 1 is 1.08 bits per heavy atom. The maximum atomic E-state index is 14.3. The van der Waals surface area contributed by atoms with Crippen LogP contribution in [0.2, 0.25) is 0 Å². The molecule has 0 spiro atoms. The second-order valence-corrected chi connectivity index (χ2v) is 10.9. The summed E-state index contributed by atoms with van der Waals surface area (Å²) in [5.74, 6) is -1.09. The van der Waals surface area contributed by atoms with E-state index in [4.69, 9.17) is 0 Å². The minimum absolute atomic E-state index is 0.0454. The third-order valence-corrected chi connectivity index (χ3v) is 7.93. The second kappa shape index (κ2) is 10.2. The molecule has 1 N–H and O–H groups in total. The first kappa shape index (κ1) is 26.5. The number of anilines is 1. The molecule has 1 unspecified atom stereocenters. The summed E-state index contributed by atoms with van der Waals surface area (Å²) >= 11 is 2.11. The van der Waals surface area contributed by atoms with E-state index >= 15 is 0 Å². The van der Waals surface area contributed by atoms with Crippen LogP contribution in [-0.4, -0.2) is 16.8 Å². The summed E-state index contributed by atoms with van der Waals surface area (Å²) in [5.41, 5.74) is 3.01. The van der Waals surface area contributed by atoms with Crippen molar-refractivity contribution in [1.82, 2.24) is 4.90 Å². The summed E-state index contributed by atoms with van der Waals surface area (Å²) in [7, 11) is 0. The Morgan fingerprint density at radius 3 is 2.53 bits per heavy atom. The summed E-state index contributed by atoms with van der Waals surface area (Å²) < 4.78 is 57.0. The highest BCUT2D eigenvalue weighted by atomic mass is 127. The monoisotopic (exact) mass is 632 g/mol. The van der Waals surface area contributed by atoms with Gasteiger partial charge < -0.3 is 10.2 Å². The Bertz CT molecular complexity index is 1460. The van der Waals surface area contributed by atoms with Crippen LogP contribution in [0.1, 0.15) is 58.4 Å². The van der Waals surface area contributed by atoms with Gasteiger partial charge in [-0.2, -0.15) is 13.2 Å². The third-order valence-electron chi connectivity index (χ3n) is 7.21. The van der Waals surface area contributed by atoms with Gasteiger partial charge in [-0.05, 0) is 120 Å². The van der Waals surface area contributed by atoms with Crippen LogP contribution in [0, 0.1) is 16.3 Å². The molecule has 2 aliphatic heterocycles. The standard InChI is InChI=1S/C30H25F4IN2O/c1-17-15-23(22-5-3-6-26(31)18(22)2)28-8-4-7-27(37(17)28)19-9-14-25(30(32,33)34)24(16-19)29(38)36-21-12-10-20(35)11-13-21/h3-6,8-14,16-17,27H,7,15H2,1-2H3,(H,36,38)/t17-,27?/m1/s1. The number of hydrogen-bond acceptors (Lipinski definition) is 2. The molecule has 3 nitrogen and oxygen atoms in total. The van der Waals surface area contributed by atoms with Crippen molar-refractivity contribution in [2.24, 2.45) is 0 Å². The Balaban J connectivity index is 1.54. The highest BCUT2D eigenvalue weighted by Gasteiger charge is 2.39. The molecule has 196 valence electrons. The molecule has 0 saturated heterocycles. The number of carbonyl (C=O) groups excluding carboxylic acids is 1. The lowest BCUT2D eigenvalue weighted by Gasteiger charge is -2.38. The number of alkyl halides is 3. The van der Waals surface area contributed by atoms with Crippen LogP contribution in [0.15, 0.2) is 78.5 Å². The minimum atomic E-state index is -4.68. The summed E-state index contributed by atoms with van der Waals surface area (Å²) in [5, 5.41) is 2.61. The predicted octanol–water partition coefficient (Wildman–Crippen LogP) is 8.52. The van der Waals surface area contributed by atoms with Gasteiger partial charge in [0.15, 0.2) is 0 Å². The summed E-state index contributed by atoms with van der Waals surface area (Å²) in [6.45, 7) is 3.81. The summed E-state index contributed by atoms with van der Waals surface area (Å²) in [6.07, 6.45) is 0.576. The van der Waals surface area contributed by atoms with Gasteiger partial charge in [-0.15, -0.1) is 0 Å². The zero-order valence-corrected chi connectivity index (χ0v) is 22.9. The molecule has 2 heterocycles. The van der Waals surface area contributed by atoms with Crippen molar-refractivity contribution in [2.45, 2.75) is 44.9 Å². The number of fused-ring (bicyclic) bond motifs is 1. The third kappa shape index (κ3) is 4.98. The molecule has 1 amide bonds. The molecule has 2 aliphatic rings. The van der Waals surface area contributed by atoms with Gasteiger partial charge in [-0.1, -0.05) is 24.3 Å². The highest BCUT2D eigenvalue weighted by Crippen LogP contribution is 2.46. The van der Waals surface area contributed by atoms with Gasteiger partial charge in [0.2, 0.25) is 0 Å². The molecule has 0 aromatic heterocycles. The van der Waals surface area contributed by atoms with Gasteiger partial charge in [0.05, 0.1) is 17.2 Å². The number of benzene rings is 3. The fraction of sp³-hybridized carbons (Fsp3) is 0.233. The van der Waals surface area contributed by atoms with Crippen molar-refractivity contribution < 1.29 is 22.4 Å². The van der Waals surface area contributed by atoms with Crippen molar-refractivity contribution in [1.29, 1.82) is 0 Å². The van der Waals surface area contributed by atoms with Gasteiger partial charge in [0.25, 0.3) is 5.91 Å². The average Bonchev–Trinajstić information content (AvgIpc) is 3.22. The molecule has 38 heavy (non-hydrogen) atoms. The fourth-order valence-electron chi connectivity index (χ4n) is 5.39. The Hall–Kier alpha value is -3.14. The SMILES string of the molecule is Cc1c(F)cccc1C1=C2C=CCC(c3ccc(C(F)(F)F)c(C(=O)Nc4ccc(I)cc4)c3)N2[C@H](C)C1. The lowest BCUT2D eigenvalue weighted by Crippen LogP contribution is -2.33. The molecular weight excluding hydrogens is 607 g/mol. The first-order valence-corrected chi connectivity index (χ1v) is 13.3. The van der Waals surface area contributed by atoms with Gasteiger partial charge >= 0.3 is 6.18 Å². The predicted molar refractivity (Wildman–Crippen MR) is 149 cm³/mol. The van der Waals surface area contributed by atoms with E-state index in [0.29, 0.717) is 29.7 Å². The van der Waals surface area contributed by atoms with E-state index in [1.165, 1.54) is 18.2 Å². The zero-order chi connectivity index (χ0) is 27.2. The lowest BCUT2D eigenvalue weighted by atomic mass is 9.93. The fourth-order valence-corrected chi connectivity index (χ4v) is 5.75. The Morgan fingerprint density at radius 2 is 1.82 bits per heavy atom. The molecule has 8 heteroatoms. The van der Waals surface area contributed by atoms with Crippen molar-refractivity contribution in [3.63, 3.8) is 0 Å². The normalized spacial score (nSPS) is 19.1. The maximum absolute atomic E-state index is 14.3. The van der Waals surface area contributed by atoms with Gasteiger partial charge in [0.1, 0.15) is 5.82 Å². The molecule has 0 saturated carbocycles. The van der Waals surface area contributed by atoms with Crippen molar-refractivity contribution >= 4 is 39.8 Å². The van der Waals surface area contributed by atoms with Crippen LogP contribution < -0.4 is 5.32 Å². The van der Waals surface area contributed by atoms with E-state index in [0.717, 1.165) is 26.5 Å². The smallest absolute Gasteiger partial charge is 0.361 e. The summed E-state index contributed by atoms with van der Waals surface area (Å²) in [4.78, 5) is 15.3. The second-order valence-electron chi connectivity index (χ2n) is 9.65. The van der Waals surface area contributed by atoms with Gasteiger partial charge in [-0.3, -0.25) is 4.79 Å². The number of nitrogens with one attached hydrogen (secondary N) is 1. The largest absolute Gasteiger partial charge is 0.417 e. The van der Waals surface area contributed by atoms with Crippen molar-refractivity contribution in [3.05, 3.63) is 116 Å². The highest BCUT2D eigenvalue weighted by molar-refractivity contribution is 14.1. The van der Waals surface area contributed by atoms with E-state index in [1.54, 1.807) is 37.3 Å². The van der Waals surface area contributed by atoms with Crippen molar-refractivity contribution in [2.75, 3.05) is 5.32 Å². The van der Waals surface area contributed by atoms with Crippen LogP contribution >= 0.6 is 22.6 Å². The van der Waals surface area contributed by atoms with Crippen LogP contribution in [0.25, 0.3) is 5.57 Å². The van der Waals surface area contributed by atoms with Crippen LogP contribution in [0.5, 0.6) is 0 Å². The number of nitrogens with zero attached hydrogens (tertiary/aromatic N) is 1. The average molecular weight is 632 g/mol. The molecule has 3 aromatic rings. The number of carbonyl (C=O) groups is 1. The quantitative estimate of drug-likeness (QED) is 0.231. The van der Waals surface area contributed by atoms with E-state index in [9.17, 15) is 22.4 Å². The summed E-state index contributed by atoms with van der Waals surface area (Å²) in [6, 6.07) is 15.5. The van der Waals surface area contributed by atoms with Crippen LogP contribution in [0.4, 0.5) is 23.2 Å². The van der Waals surface area contributed by atoms with E-state index in [1.807, 2.05) is 18.2 Å². The number of rotatable bonds is 4. The molecule has 0 bridgehead atoms. The van der Waals surface area contributed by atoms with Crippen molar-refractivity contribution in [3.8, 4) is 0 Å². The Kier molecular flexibility index (Phi) is 7.11.